The van der Waals surface area contributed by atoms with Crippen LogP contribution >= 0.6 is 0 Å². The molecule has 0 saturated heterocycles. The minimum Gasteiger partial charge on any atom is -0.376 e. The molecule has 2 N–H and O–H groups in total. The predicted molar refractivity (Wildman–Crippen MR) is 119 cm³/mol. The molecule has 0 atom stereocenters. The van der Waals surface area contributed by atoms with Crippen molar-refractivity contribution < 1.29 is 23.3 Å². The van der Waals surface area contributed by atoms with Gasteiger partial charge in [-0.3, -0.25) is 9.59 Å². The second kappa shape index (κ2) is 16.7. The molecule has 2 amide bonds. The molecule has 0 heterocycles. The van der Waals surface area contributed by atoms with Crippen molar-refractivity contribution in [3.63, 3.8) is 0 Å². The molecule has 0 unspecified atom stereocenters. The molecule has 28 heavy (non-hydrogen) atoms. The summed E-state index contributed by atoms with van der Waals surface area (Å²) in [5.74, 6) is -0.404. The molecule has 7 heteroatoms. The molecule has 0 radical (unpaired) electrons. The van der Waals surface area contributed by atoms with Gasteiger partial charge in [0.15, 0.2) is 0 Å². The van der Waals surface area contributed by atoms with Crippen LogP contribution in [-0.4, -0.2) is 102 Å². The summed E-state index contributed by atoms with van der Waals surface area (Å²) in [5.41, 5.74) is 0. The van der Waals surface area contributed by atoms with Crippen molar-refractivity contribution in [2.24, 2.45) is 0 Å². The van der Waals surface area contributed by atoms with E-state index in [-0.39, 0.29) is 33.1 Å². The summed E-state index contributed by atoms with van der Waals surface area (Å²) >= 11 is 0. The van der Waals surface area contributed by atoms with Crippen molar-refractivity contribution in [1.29, 1.82) is 0 Å². The zero-order valence-electron chi connectivity index (χ0n) is 19.9. The van der Waals surface area contributed by atoms with E-state index in [1.54, 1.807) is 0 Å². The quantitative estimate of drug-likeness (QED) is 0.188. The largest absolute Gasteiger partial charge is 0.376 e. The molecular weight excluding hydrogens is 356 g/mol. The average Bonchev–Trinajstić information content (AvgIpc) is 2.51. The highest BCUT2D eigenvalue weighted by atomic mass is 16.5. The van der Waals surface area contributed by atoms with Gasteiger partial charge in [-0.15, -0.1) is 0 Å². The normalized spacial score (nSPS) is 11.2. The summed E-state index contributed by atoms with van der Waals surface area (Å²) in [6.07, 6.45) is 2.75. The Labute approximate surface area is 175 Å². The molecule has 0 aliphatic carbocycles. The Kier molecular flexibility index (Phi) is 18.8. The number of hydrogen-bond donors (Lipinski definition) is 2. The molecule has 0 rings (SSSR count). The van der Waals surface area contributed by atoms with Crippen molar-refractivity contribution in [1.82, 2.24) is 10.6 Å². The average molecular weight is 405 g/mol. The third kappa shape index (κ3) is 21.1. The van der Waals surface area contributed by atoms with Gasteiger partial charge in [-0.2, -0.15) is 0 Å². The Balaban J connectivity index is -0.00000312. The zero-order chi connectivity index (χ0) is 20.1. The molecular formula is C21H48N4O3. The first kappa shape index (κ1) is 31.5. The molecule has 0 aliphatic heterocycles. The van der Waals surface area contributed by atoms with E-state index in [2.05, 4.69) is 52.8 Å². The lowest BCUT2D eigenvalue weighted by Crippen LogP contribution is -2.44. The lowest BCUT2D eigenvalue weighted by atomic mass is 10.3. The van der Waals surface area contributed by atoms with Gasteiger partial charge < -0.3 is 39.2 Å². The number of hydrogen-bond acceptors (Lipinski definition) is 3. The number of amides is 2. The SMILES string of the molecule is CCCOCC[N+](C)(C)CCCNC(=O)CC(=O)NCCC[N+](C)(C)C.[CH3-].[CH3-]. The molecule has 7 nitrogen and oxygen atoms in total. The summed E-state index contributed by atoms with van der Waals surface area (Å²) in [7, 11) is 10.7. The van der Waals surface area contributed by atoms with Crippen LogP contribution in [0.5, 0.6) is 0 Å². The first-order chi connectivity index (χ1) is 12.1. The van der Waals surface area contributed by atoms with Crippen LogP contribution in [0.4, 0.5) is 0 Å². The van der Waals surface area contributed by atoms with Gasteiger partial charge in [-0.25, -0.2) is 0 Å². The lowest BCUT2D eigenvalue weighted by Gasteiger charge is -2.29. The van der Waals surface area contributed by atoms with Gasteiger partial charge in [-0.05, 0) is 6.42 Å². The monoisotopic (exact) mass is 404 g/mol. The van der Waals surface area contributed by atoms with E-state index in [1.165, 1.54) is 0 Å². The van der Waals surface area contributed by atoms with E-state index in [0.717, 1.165) is 61.1 Å². The number of ether oxygens (including phenoxy) is 1. The molecule has 0 saturated carbocycles. The van der Waals surface area contributed by atoms with Crippen molar-refractivity contribution in [2.75, 3.05) is 81.2 Å². The highest BCUT2D eigenvalue weighted by Crippen LogP contribution is 1.99. The van der Waals surface area contributed by atoms with Crippen molar-refractivity contribution >= 4 is 11.8 Å². The summed E-state index contributed by atoms with van der Waals surface area (Å²) in [5, 5.41) is 5.64. The Morgan fingerprint density at radius 2 is 1.29 bits per heavy atom. The minimum atomic E-state index is -0.203. The standard InChI is InChI=1S/C19H40N4O3.2CH3/c1-7-15-26-16-14-23(5,6)13-9-11-21-19(25)17-18(24)20-10-8-12-22(2,3)4;;/h7-17H2,1-6H3;2*1H3/q;2*-1/p+2. The molecule has 0 aromatic rings. The smallest absolute Gasteiger partial charge is 0.229 e. The van der Waals surface area contributed by atoms with Crippen LogP contribution in [0, 0.1) is 14.9 Å². The van der Waals surface area contributed by atoms with Crippen molar-refractivity contribution in [3.8, 4) is 0 Å². The van der Waals surface area contributed by atoms with Gasteiger partial charge in [0.25, 0.3) is 0 Å². The minimum absolute atomic E-state index is 0. The van der Waals surface area contributed by atoms with Gasteiger partial charge >= 0.3 is 0 Å². The highest BCUT2D eigenvalue weighted by molar-refractivity contribution is 5.96. The summed E-state index contributed by atoms with van der Waals surface area (Å²) in [6, 6.07) is 0. The van der Waals surface area contributed by atoms with Crippen LogP contribution in [-0.2, 0) is 14.3 Å². The third-order valence-electron chi connectivity index (χ3n) is 4.10. The number of carbonyl (C=O) groups excluding carboxylic acids is 2. The van der Waals surface area contributed by atoms with E-state index in [1.807, 2.05) is 0 Å². The van der Waals surface area contributed by atoms with Crippen LogP contribution in [0.1, 0.15) is 32.6 Å². The maximum Gasteiger partial charge on any atom is 0.229 e. The molecule has 0 aliphatic rings. The van der Waals surface area contributed by atoms with E-state index in [9.17, 15) is 9.59 Å². The third-order valence-corrected chi connectivity index (χ3v) is 4.10. The van der Waals surface area contributed by atoms with Gasteiger partial charge in [0.05, 0.1) is 54.9 Å². The second-order valence-electron chi connectivity index (χ2n) is 8.59. The van der Waals surface area contributed by atoms with Crippen LogP contribution in [0.15, 0.2) is 0 Å². The predicted octanol–water partition coefficient (Wildman–Crippen LogP) is 1.50. The number of nitrogens with one attached hydrogen (secondary N) is 2. The Bertz CT molecular complexity index is 407. The maximum atomic E-state index is 11.8. The summed E-state index contributed by atoms with van der Waals surface area (Å²) in [6.45, 7) is 7.82. The number of likely N-dealkylation sites (N-methyl/N-ethyl adjacent to an activating group) is 1. The lowest BCUT2D eigenvalue weighted by molar-refractivity contribution is -0.890. The van der Waals surface area contributed by atoms with Gasteiger partial charge in [-0.1, -0.05) is 6.92 Å². The Morgan fingerprint density at radius 3 is 1.75 bits per heavy atom. The number of rotatable bonds is 15. The molecule has 0 spiro atoms. The number of nitrogens with zero attached hydrogens (tertiary/aromatic N) is 2. The van der Waals surface area contributed by atoms with E-state index < -0.39 is 0 Å². The van der Waals surface area contributed by atoms with Crippen molar-refractivity contribution in [2.45, 2.75) is 32.6 Å². The summed E-state index contributed by atoms with van der Waals surface area (Å²) < 4.78 is 7.27. The molecule has 0 fully saturated rings. The van der Waals surface area contributed by atoms with Crippen LogP contribution in [0.25, 0.3) is 0 Å². The van der Waals surface area contributed by atoms with E-state index in [0.29, 0.717) is 13.1 Å². The van der Waals surface area contributed by atoms with E-state index >= 15 is 0 Å². The van der Waals surface area contributed by atoms with Gasteiger partial charge in [0.2, 0.25) is 11.8 Å². The van der Waals surface area contributed by atoms with Crippen molar-refractivity contribution in [3.05, 3.63) is 14.9 Å². The van der Waals surface area contributed by atoms with Crippen LogP contribution in [0.2, 0.25) is 0 Å². The number of carbonyl (C=O) groups is 2. The fourth-order valence-electron chi connectivity index (χ4n) is 2.46. The number of quaternary nitrogens is 2. The highest BCUT2D eigenvalue weighted by Gasteiger charge is 2.15. The fourth-order valence-corrected chi connectivity index (χ4v) is 2.46. The fraction of sp³-hybridized carbons (Fsp3) is 0.810. The van der Waals surface area contributed by atoms with Crippen LogP contribution < -0.4 is 10.6 Å². The van der Waals surface area contributed by atoms with E-state index in [4.69, 9.17) is 4.74 Å². The molecule has 170 valence electrons. The first-order valence-corrected chi connectivity index (χ1v) is 9.79. The summed E-state index contributed by atoms with van der Waals surface area (Å²) in [4.78, 5) is 23.6. The Morgan fingerprint density at radius 1 is 0.786 bits per heavy atom. The van der Waals surface area contributed by atoms with Gasteiger partial charge in [0, 0.05) is 32.5 Å². The maximum absolute atomic E-state index is 11.8. The topological polar surface area (TPSA) is 67.4 Å². The Hall–Kier alpha value is -1.18. The molecule has 0 bridgehead atoms. The van der Waals surface area contributed by atoms with Gasteiger partial charge in [0.1, 0.15) is 13.0 Å². The zero-order valence-corrected chi connectivity index (χ0v) is 19.9. The van der Waals surface area contributed by atoms with Crippen LogP contribution in [0.3, 0.4) is 0 Å². The molecule has 0 aromatic heterocycles. The molecule has 0 aromatic carbocycles. The first-order valence-electron chi connectivity index (χ1n) is 9.79. The second-order valence-corrected chi connectivity index (χ2v) is 8.59.